The van der Waals surface area contributed by atoms with E-state index in [0.29, 0.717) is 0 Å². The van der Waals surface area contributed by atoms with Gasteiger partial charge < -0.3 is 5.73 Å². The van der Waals surface area contributed by atoms with Crippen LogP contribution >= 0.6 is 11.3 Å². The van der Waals surface area contributed by atoms with Gasteiger partial charge in [-0.1, -0.05) is 30.3 Å². The van der Waals surface area contributed by atoms with Crippen molar-refractivity contribution >= 4 is 11.3 Å². The van der Waals surface area contributed by atoms with E-state index in [2.05, 4.69) is 17.1 Å². The Labute approximate surface area is 100 Å². The molecule has 0 saturated carbocycles. The Morgan fingerprint density at radius 3 is 2.50 bits per heavy atom. The van der Waals surface area contributed by atoms with E-state index in [1.807, 2.05) is 32.0 Å². The van der Waals surface area contributed by atoms with E-state index >= 15 is 0 Å². The van der Waals surface area contributed by atoms with E-state index in [4.69, 9.17) is 5.73 Å². The third-order valence-corrected chi connectivity index (χ3v) is 3.78. The highest BCUT2D eigenvalue weighted by Gasteiger charge is 2.13. The fourth-order valence-corrected chi connectivity index (χ4v) is 2.78. The zero-order chi connectivity index (χ0) is 11.5. The normalized spacial score (nSPS) is 12.7. The Morgan fingerprint density at radius 1 is 1.25 bits per heavy atom. The second-order valence-electron chi connectivity index (χ2n) is 3.98. The lowest BCUT2D eigenvalue weighted by atomic mass is 10.0. The molecule has 3 heteroatoms. The molecule has 0 bridgehead atoms. The molecular formula is C13H16N2S. The predicted octanol–water partition coefficient (Wildman–Crippen LogP) is 3.00. The first-order chi connectivity index (χ1) is 7.66. The Bertz CT molecular complexity index is 462. The van der Waals surface area contributed by atoms with E-state index in [9.17, 15) is 0 Å². The molecule has 2 N–H and O–H groups in total. The maximum Gasteiger partial charge on any atom is 0.0900 e. The lowest BCUT2D eigenvalue weighted by molar-refractivity contribution is 0.728. The van der Waals surface area contributed by atoms with Gasteiger partial charge >= 0.3 is 0 Å². The van der Waals surface area contributed by atoms with Crippen molar-refractivity contribution in [3.63, 3.8) is 0 Å². The van der Waals surface area contributed by atoms with Crippen molar-refractivity contribution in [2.75, 3.05) is 0 Å². The zero-order valence-electron chi connectivity index (χ0n) is 9.60. The predicted molar refractivity (Wildman–Crippen MR) is 68.7 cm³/mol. The average Bonchev–Trinajstić information content (AvgIpc) is 2.59. The third kappa shape index (κ3) is 2.49. The van der Waals surface area contributed by atoms with Gasteiger partial charge in [-0.25, -0.2) is 4.98 Å². The fourth-order valence-electron chi connectivity index (χ4n) is 1.85. The molecule has 0 fully saturated rings. The van der Waals surface area contributed by atoms with Crippen LogP contribution in [0.2, 0.25) is 0 Å². The van der Waals surface area contributed by atoms with Gasteiger partial charge in [0, 0.05) is 10.9 Å². The van der Waals surface area contributed by atoms with Crippen LogP contribution in [-0.4, -0.2) is 4.98 Å². The molecule has 0 saturated heterocycles. The van der Waals surface area contributed by atoms with Gasteiger partial charge in [-0.3, -0.25) is 0 Å². The second kappa shape index (κ2) is 4.76. The second-order valence-corrected chi connectivity index (χ2v) is 5.21. The molecule has 0 aliphatic rings. The SMILES string of the molecule is Cc1nc(C)c(C(N)Cc2ccccc2)s1. The van der Waals surface area contributed by atoms with Gasteiger partial charge in [0.25, 0.3) is 0 Å². The number of benzene rings is 1. The first-order valence-corrected chi connectivity index (χ1v) is 6.22. The maximum atomic E-state index is 6.21. The quantitative estimate of drug-likeness (QED) is 0.883. The number of hydrogen-bond acceptors (Lipinski definition) is 3. The van der Waals surface area contributed by atoms with E-state index in [1.54, 1.807) is 11.3 Å². The van der Waals surface area contributed by atoms with Crippen LogP contribution in [0.25, 0.3) is 0 Å². The summed E-state index contributed by atoms with van der Waals surface area (Å²) in [5.74, 6) is 0. The number of nitrogens with zero attached hydrogens (tertiary/aromatic N) is 1. The lowest BCUT2D eigenvalue weighted by Crippen LogP contribution is -2.12. The van der Waals surface area contributed by atoms with Gasteiger partial charge in [0.2, 0.25) is 0 Å². The van der Waals surface area contributed by atoms with Crippen molar-refractivity contribution < 1.29 is 0 Å². The Hall–Kier alpha value is -1.19. The molecule has 0 aliphatic carbocycles. The monoisotopic (exact) mass is 232 g/mol. The van der Waals surface area contributed by atoms with Crippen LogP contribution in [0.15, 0.2) is 30.3 Å². The van der Waals surface area contributed by atoms with Crippen molar-refractivity contribution in [3.8, 4) is 0 Å². The number of aromatic nitrogens is 1. The molecule has 2 aromatic rings. The van der Waals surface area contributed by atoms with Crippen molar-refractivity contribution in [2.24, 2.45) is 5.73 Å². The summed E-state index contributed by atoms with van der Waals surface area (Å²) in [7, 11) is 0. The Morgan fingerprint density at radius 2 is 1.94 bits per heavy atom. The maximum absolute atomic E-state index is 6.21. The zero-order valence-corrected chi connectivity index (χ0v) is 10.4. The van der Waals surface area contributed by atoms with E-state index in [0.717, 1.165) is 17.1 Å². The molecule has 1 aromatic heterocycles. The first-order valence-electron chi connectivity index (χ1n) is 5.40. The molecule has 2 nitrogen and oxygen atoms in total. The van der Waals surface area contributed by atoms with Crippen molar-refractivity contribution in [1.82, 2.24) is 4.98 Å². The lowest BCUT2D eigenvalue weighted by Gasteiger charge is -2.10. The largest absolute Gasteiger partial charge is 0.323 e. The highest BCUT2D eigenvalue weighted by Crippen LogP contribution is 2.25. The molecule has 16 heavy (non-hydrogen) atoms. The molecular weight excluding hydrogens is 216 g/mol. The van der Waals surface area contributed by atoms with Crippen LogP contribution in [-0.2, 0) is 6.42 Å². The molecule has 1 unspecified atom stereocenters. The molecule has 1 aromatic carbocycles. The number of aryl methyl sites for hydroxylation is 2. The number of hydrogen-bond donors (Lipinski definition) is 1. The van der Waals surface area contributed by atoms with Crippen molar-refractivity contribution in [3.05, 3.63) is 51.5 Å². The first kappa shape index (κ1) is 11.3. The molecule has 1 heterocycles. The topological polar surface area (TPSA) is 38.9 Å². The van der Waals surface area contributed by atoms with Crippen LogP contribution in [0.4, 0.5) is 0 Å². The summed E-state index contributed by atoms with van der Waals surface area (Å²) in [6.07, 6.45) is 0.878. The van der Waals surface area contributed by atoms with Gasteiger partial charge in [-0.15, -0.1) is 11.3 Å². The van der Waals surface area contributed by atoms with Gasteiger partial charge in [0.05, 0.1) is 10.7 Å². The summed E-state index contributed by atoms with van der Waals surface area (Å²) >= 11 is 1.71. The van der Waals surface area contributed by atoms with E-state index in [1.165, 1.54) is 10.4 Å². The van der Waals surface area contributed by atoms with Gasteiger partial charge in [-0.05, 0) is 25.8 Å². The third-order valence-electron chi connectivity index (χ3n) is 2.57. The molecule has 0 radical (unpaired) electrons. The van der Waals surface area contributed by atoms with Gasteiger partial charge in [0.15, 0.2) is 0 Å². The molecule has 84 valence electrons. The minimum Gasteiger partial charge on any atom is -0.323 e. The summed E-state index contributed by atoms with van der Waals surface area (Å²) in [5, 5.41) is 1.09. The van der Waals surface area contributed by atoms with E-state index in [-0.39, 0.29) is 6.04 Å². The van der Waals surface area contributed by atoms with Gasteiger partial charge in [-0.2, -0.15) is 0 Å². The van der Waals surface area contributed by atoms with Crippen LogP contribution in [0, 0.1) is 13.8 Å². The standard InChI is InChI=1S/C13H16N2S/c1-9-13(16-10(2)15-9)12(14)8-11-6-4-3-5-7-11/h3-7,12H,8,14H2,1-2H3. The summed E-state index contributed by atoms with van der Waals surface area (Å²) < 4.78 is 0. The van der Waals surface area contributed by atoms with Crippen molar-refractivity contribution in [2.45, 2.75) is 26.3 Å². The Balaban J connectivity index is 2.14. The summed E-state index contributed by atoms with van der Waals surface area (Å²) in [6, 6.07) is 10.4. The summed E-state index contributed by atoms with van der Waals surface area (Å²) in [6.45, 7) is 4.06. The minimum atomic E-state index is 0.0635. The fraction of sp³-hybridized carbons (Fsp3) is 0.308. The Kier molecular flexibility index (Phi) is 3.36. The van der Waals surface area contributed by atoms with Crippen molar-refractivity contribution in [1.29, 1.82) is 0 Å². The smallest absolute Gasteiger partial charge is 0.0900 e. The van der Waals surface area contributed by atoms with Crippen LogP contribution < -0.4 is 5.73 Å². The molecule has 0 amide bonds. The minimum absolute atomic E-state index is 0.0635. The summed E-state index contributed by atoms with van der Waals surface area (Å²) in [5.41, 5.74) is 8.56. The molecule has 2 rings (SSSR count). The number of thiazole rings is 1. The molecule has 1 atom stereocenters. The van der Waals surface area contributed by atoms with Gasteiger partial charge in [0.1, 0.15) is 0 Å². The highest BCUT2D eigenvalue weighted by molar-refractivity contribution is 7.11. The highest BCUT2D eigenvalue weighted by atomic mass is 32.1. The molecule has 0 aliphatic heterocycles. The van der Waals surface area contributed by atoms with E-state index < -0.39 is 0 Å². The molecule has 0 spiro atoms. The number of nitrogens with two attached hydrogens (primary N) is 1. The van der Waals surface area contributed by atoms with Crippen LogP contribution in [0.3, 0.4) is 0 Å². The van der Waals surface area contributed by atoms with Crippen LogP contribution in [0.5, 0.6) is 0 Å². The summed E-state index contributed by atoms with van der Waals surface area (Å²) in [4.78, 5) is 5.62. The number of rotatable bonds is 3. The van der Waals surface area contributed by atoms with Crippen LogP contribution in [0.1, 0.15) is 27.2 Å². The average molecular weight is 232 g/mol.